The fourth-order valence-corrected chi connectivity index (χ4v) is 1.74. The van der Waals surface area contributed by atoms with Gasteiger partial charge in [0.15, 0.2) is 0 Å². The molecule has 1 N–H and O–H groups in total. The van der Waals surface area contributed by atoms with Gasteiger partial charge in [-0.25, -0.2) is 0 Å². The quantitative estimate of drug-likeness (QED) is 0.878. The first-order valence-electron chi connectivity index (χ1n) is 5.78. The molecule has 0 atom stereocenters. The van der Waals surface area contributed by atoms with Gasteiger partial charge in [-0.1, -0.05) is 32.0 Å². The molecular formula is C13H17N3O. The van der Waals surface area contributed by atoms with E-state index in [1.165, 1.54) is 5.56 Å². The fourth-order valence-electron chi connectivity index (χ4n) is 1.74. The van der Waals surface area contributed by atoms with Gasteiger partial charge in [-0.15, -0.1) is 10.2 Å². The lowest BCUT2D eigenvalue weighted by molar-refractivity contribution is 0.474. The zero-order chi connectivity index (χ0) is 12.3. The van der Waals surface area contributed by atoms with Crippen molar-refractivity contribution in [2.24, 2.45) is 0 Å². The minimum atomic E-state index is 0.489. The van der Waals surface area contributed by atoms with E-state index in [1.54, 1.807) is 6.92 Å². The van der Waals surface area contributed by atoms with Crippen molar-refractivity contribution in [3.63, 3.8) is 0 Å². The summed E-state index contributed by atoms with van der Waals surface area (Å²) in [7, 11) is 0. The maximum Gasteiger partial charge on any atom is 0.235 e. The van der Waals surface area contributed by atoms with E-state index in [1.807, 2.05) is 6.07 Å². The van der Waals surface area contributed by atoms with Crippen LogP contribution in [0.4, 0.5) is 5.69 Å². The highest BCUT2D eigenvalue weighted by Gasteiger charge is 2.07. The van der Waals surface area contributed by atoms with Gasteiger partial charge in [0, 0.05) is 12.6 Å². The maximum atomic E-state index is 5.32. The summed E-state index contributed by atoms with van der Waals surface area (Å²) in [5.74, 6) is 1.70. The Hall–Kier alpha value is -1.84. The van der Waals surface area contributed by atoms with Gasteiger partial charge < -0.3 is 9.73 Å². The largest absolute Gasteiger partial charge is 0.424 e. The lowest BCUT2D eigenvalue weighted by Gasteiger charge is -2.13. The summed E-state index contributed by atoms with van der Waals surface area (Å²) in [5, 5.41) is 11.1. The molecule has 0 aliphatic heterocycles. The first-order chi connectivity index (χ1) is 8.16. The van der Waals surface area contributed by atoms with Crippen LogP contribution in [-0.4, -0.2) is 10.2 Å². The predicted octanol–water partition coefficient (Wildman–Crippen LogP) is 3.11. The smallest absolute Gasteiger partial charge is 0.235 e. The van der Waals surface area contributed by atoms with Crippen molar-refractivity contribution in [3.8, 4) is 0 Å². The molecule has 2 rings (SSSR count). The number of rotatable bonds is 4. The molecule has 0 saturated heterocycles. The molecule has 1 heterocycles. The second kappa shape index (κ2) is 4.99. The predicted molar refractivity (Wildman–Crippen MR) is 66.9 cm³/mol. The minimum Gasteiger partial charge on any atom is -0.424 e. The molecular weight excluding hydrogens is 214 g/mol. The summed E-state index contributed by atoms with van der Waals surface area (Å²) >= 11 is 0. The molecule has 0 aliphatic rings. The van der Waals surface area contributed by atoms with Crippen LogP contribution in [0.2, 0.25) is 0 Å². The van der Waals surface area contributed by atoms with Gasteiger partial charge in [0.25, 0.3) is 0 Å². The second-order valence-electron chi connectivity index (χ2n) is 4.31. The number of hydrogen-bond donors (Lipinski definition) is 1. The van der Waals surface area contributed by atoms with Gasteiger partial charge >= 0.3 is 0 Å². The maximum absolute atomic E-state index is 5.32. The molecule has 4 nitrogen and oxygen atoms in total. The third-order valence-corrected chi connectivity index (χ3v) is 2.58. The average Bonchev–Trinajstić information content (AvgIpc) is 2.73. The van der Waals surface area contributed by atoms with Crippen LogP contribution >= 0.6 is 0 Å². The van der Waals surface area contributed by atoms with Crippen LogP contribution in [0, 0.1) is 6.92 Å². The summed E-state index contributed by atoms with van der Waals surface area (Å²) in [4.78, 5) is 0. The zero-order valence-corrected chi connectivity index (χ0v) is 10.4. The van der Waals surface area contributed by atoms with Crippen molar-refractivity contribution < 1.29 is 4.42 Å². The van der Waals surface area contributed by atoms with Crippen molar-refractivity contribution in [3.05, 3.63) is 41.6 Å². The molecule has 2 aromatic rings. The lowest BCUT2D eigenvalue weighted by Crippen LogP contribution is -2.03. The van der Waals surface area contributed by atoms with Crippen LogP contribution in [0.1, 0.15) is 37.1 Å². The van der Waals surface area contributed by atoms with Crippen LogP contribution in [0.5, 0.6) is 0 Å². The Balaban J connectivity index is 2.08. The van der Waals surface area contributed by atoms with Crippen molar-refractivity contribution in [2.75, 3.05) is 5.32 Å². The summed E-state index contributed by atoms with van der Waals surface area (Å²) < 4.78 is 5.32. The molecule has 1 aromatic carbocycles. The Kier molecular flexibility index (Phi) is 3.42. The Morgan fingerprint density at radius 2 is 2.00 bits per heavy atom. The molecule has 0 unspecified atom stereocenters. The SMILES string of the molecule is Cc1nnc(CNc2ccccc2C(C)C)o1. The first kappa shape index (κ1) is 11.6. The van der Waals surface area contributed by atoms with E-state index < -0.39 is 0 Å². The van der Waals surface area contributed by atoms with Gasteiger partial charge in [0.05, 0.1) is 6.54 Å². The molecule has 0 saturated carbocycles. The van der Waals surface area contributed by atoms with E-state index in [0.717, 1.165) is 5.69 Å². The molecule has 1 aromatic heterocycles. The van der Waals surface area contributed by atoms with E-state index in [-0.39, 0.29) is 0 Å². The summed E-state index contributed by atoms with van der Waals surface area (Å²) in [6.07, 6.45) is 0. The number of hydrogen-bond acceptors (Lipinski definition) is 4. The van der Waals surface area contributed by atoms with Gasteiger partial charge in [-0.2, -0.15) is 0 Å². The van der Waals surface area contributed by atoms with Crippen LogP contribution in [0.15, 0.2) is 28.7 Å². The Morgan fingerprint density at radius 3 is 2.65 bits per heavy atom. The van der Waals surface area contributed by atoms with Crippen molar-refractivity contribution in [1.82, 2.24) is 10.2 Å². The topological polar surface area (TPSA) is 51.0 Å². The van der Waals surface area contributed by atoms with Crippen LogP contribution < -0.4 is 5.32 Å². The standard InChI is InChI=1S/C13H17N3O/c1-9(2)11-6-4-5-7-12(11)14-8-13-16-15-10(3)17-13/h4-7,9,14H,8H2,1-3H3. The monoisotopic (exact) mass is 231 g/mol. The van der Waals surface area contributed by atoms with Crippen molar-refractivity contribution in [2.45, 2.75) is 33.2 Å². The third-order valence-electron chi connectivity index (χ3n) is 2.58. The molecule has 4 heteroatoms. The van der Waals surface area contributed by atoms with E-state index in [0.29, 0.717) is 24.2 Å². The van der Waals surface area contributed by atoms with E-state index in [2.05, 4.69) is 47.6 Å². The molecule has 0 spiro atoms. The van der Waals surface area contributed by atoms with Crippen molar-refractivity contribution >= 4 is 5.69 Å². The van der Waals surface area contributed by atoms with Gasteiger partial charge in [-0.05, 0) is 17.5 Å². The fraction of sp³-hybridized carbons (Fsp3) is 0.385. The van der Waals surface area contributed by atoms with Crippen LogP contribution in [-0.2, 0) is 6.54 Å². The van der Waals surface area contributed by atoms with Crippen LogP contribution in [0.3, 0.4) is 0 Å². The normalized spacial score (nSPS) is 10.8. The number of nitrogens with zero attached hydrogens (tertiary/aromatic N) is 2. The molecule has 0 aliphatic carbocycles. The highest BCUT2D eigenvalue weighted by atomic mass is 16.4. The Labute approximate surface area is 101 Å². The third kappa shape index (κ3) is 2.84. The summed E-state index contributed by atoms with van der Waals surface area (Å²) in [5.41, 5.74) is 2.42. The van der Waals surface area contributed by atoms with Gasteiger partial charge in [-0.3, -0.25) is 0 Å². The van der Waals surface area contributed by atoms with Gasteiger partial charge in [0.1, 0.15) is 0 Å². The highest BCUT2D eigenvalue weighted by molar-refractivity contribution is 5.52. The number of anilines is 1. The summed E-state index contributed by atoms with van der Waals surface area (Å²) in [6.45, 7) is 6.71. The number of benzene rings is 1. The molecule has 0 bridgehead atoms. The highest BCUT2D eigenvalue weighted by Crippen LogP contribution is 2.23. The van der Waals surface area contributed by atoms with Crippen LogP contribution in [0.25, 0.3) is 0 Å². The second-order valence-corrected chi connectivity index (χ2v) is 4.31. The molecule has 0 fully saturated rings. The lowest BCUT2D eigenvalue weighted by atomic mass is 10.0. The first-order valence-corrected chi connectivity index (χ1v) is 5.78. The number of aromatic nitrogens is 2. The van der Waals surface area contributed by atoms with E-state index in [9.17, 15) is 0 Å². The Morgan fingerprint density at radius 1 is 1.24 bits per heavy atom. The molecule has 0 amide bonds. The number of aryl methyl sites for hydroxylation is 1. The van der Waals surface area contributed by atoms with E-state index >= 15 is 0 Å². The molecule has 0 radical (unpaired) electrons. The number of nitrogens with one attached hydrogen (secondary N) is 1. The minimum absolute atomic E-state index is 0.489. The number of para-hydroxylation sites is 1. The van der Waals surface area contributed by atoms with E-state index in [4.69, 9.17) is 4.42 Å². The average molecular weight is 231 g/mol. The Bertz CT molecular complexity index is 491. The molecule has 17 heavy (non-hydrogen) atoms. The van der Waals surface area contributed by atoms with Gasteiger partial charge in [0.2, 0.25) is 11.8 Å². The molecule has 90 valence electrons. The zero-order valence-electron chi connectivity index (χ0n) is 10.4. The summed E-state index contributed by atoms with van der Waals surface area (Å²) in [6, 6.07) is 8.27. The van der Waals surface area contributed by atoms with Crippen molar-refractivity contribution in [1.29, 1.82) is 0 Å².